The summed E-state index contributed by atoms with van der Waals surface area (Å²) in [6.45, 7) is 0.186. The Bertz CT molecular complexity index is 1010. The van der Waals surface area contributed by atoms with Crippen LogP contribution >= 0.6 is 27.3 Å². The molecule has 0 N–H and O–H groups in total. The van der Waals surface area contributed by atoms with Crippen molar-refractivity contribution < 1.29 is 9.13 Å². The van der Waals surface area contributed by atoms with E-state index in [1.54, 1.807) is 29.5 Å². The number of hydrogen-bond donors (Lipinski definition) is 0. The number of nitrogens with zero attached hydrogens (tertiary/aromatic N) is 1. The third kappa shape index (κ3) is 3.43. The number of benzene rings is 3. The molecule has 0 amide bonds. The van der Waals surface area contributed by atoms with E-state index < -0.39 is 0 Å². The Balaban J connectivity index is 1.57. The number of hydrogen-bond acceptors (Lipinski definition) is 3. The van der Waals surface area contributed by atoms with Gasteiger partial charge in [-0.25, -0.2) is 9.37 Å². The highest BCUT2D eigenvalue weighted by Gasteiger charge is 2.10. The quantitative estimate of drug-likeness (QED) is 0.383. The molecular weight excluding hydrogens is 401 g/mol. The van der Waals surface area contributed by atoms with Crippen LogP contribution in [0.5, 0.6) is 5.75 Å². The van der Waals surface area contributed by atoms with E-state index in [4.69, 9.17) is 4.74 Å². The van der Waals surface area contributed by atoms with Crippen LogP contribution < -0.4 is 4.74 Å². The van der Waals surface area contributed by atoms with Crippen molar-refractivity contribution in [2.45, 2.75) is 6.61 Å². The summed E-state index contributed by atoms with van der Waals surface area (Å²) in [7, 11) is 0. The van der Waals surface area contributed by atoms with Crippen LogP contribution in [0.15, 0.2) is 71.2 Å². The third-order valence-corrected chi connectivity index (χ3v) is 5.52. The van der Waals surface area contributed by atoms with Crippen molar-refractivity contribution in [2.75, 3.05) is 0 Å². The van der Waals surface area contributed by atoms with Crippen LogP contribution in [0.4, 0.5) is 4.39 Å². The van der Waals surface area contributed by atoms with Gasteiger partial charge in [-0.15, -0.1) is 11.3 Å². The van der Waals surface area contributed by atoms with Gasteiger partial charge >= 0.3 is 0 Å². The van der Waals surface area contributed by atoms with Crippen molar-refractivity contribution in [3.05, 3.63) is 82.6 Å². The minimum Gasteiger partial charge on any atom is -0.488 e. The highest BCUT2D eigenvalue weighted by molar-refractivity contribution is 9.10. The maximum atomic E-state index is 13.7. The number of ether oxygens (including phenoxy) is 1. The van der Waals surface area contributed by atoms with Gasteiger partial charge in [-0.05, 0) is 52.3 Å². The van der Waals surface area contributed by atoms with Crippen LogP contribution in [0.2, 0.25) is 0 Å². The Morgan fingerprint density at radius 3 is 2.60 bits per heavy atom. The van der Waals surface area contributed by atoms with Gasteiger partial charge in [0.05, 0.1) is 14.7 Å². The molecule has 0 saturated carbocycles. The standard InChI is InChI=1S/C20H13BrFNOS/c21-15-11-13(20-23-17-7-3-4-8-19(17)25-20)9-10-18(15)24-12-14-5-1-2-6-16(14)22/h1-11H,12H2. The maximum absolute atomic E-state index is 13.7. The number of para-hydroxylation sites is 1. The Hall–Kier alpha value is -2.24. The van der Waals surface area contributed by atoms with Crippen LogP contribution in [0.3, 0.4) is 0 Å². The van der Waals surface area contributed by atoms with Gasteiger partial charge < -0.3 is 4.74 Å². The summed E-state index contributed by atoms with van der Waals surface area (Å²) in [5.41, 5.74) is 2.55. The highest BCUT2D eigenvalue weighted by atomic mass is 79.9. The molecule has 1 heterocycles. The molecule has 0 aliphatic heterocycles. The SMILES string of the molecule is Fc1ccccc1COc1ccc(-c2nc3ccccc3s2)cc1Br. The first kappa shape index (κ1) is 16.2. The lowest BCUT2D eigenvalue weighted by atomic mass is 10.2. The third-order valence-electron chi connectivity index (χ3n) is 3.81. The number of fused-ring (bicyclic) bond motifs is 1. The molecular formula is C20H13BrFNOS. The summed E-state index contributed by atoms with van der Waals surface area (Å²) < 4.78 is 21.4. The Kier molecular flexibility index (Phi) is 4.51. The van der Waals surface area contributed by atoms with E-state index in [2.05, 4.69) is 27.0 Å². The summed E-state index contributed by atoms with van der Waals surface area (Å²) in [6, 6.07) is 20.5. The second-order valence-electron chi connectivity index (χ2n) is 5.51. The average molecular weight is 414 g/mol. The predicted octanol–water partition coefficient (Wildman–Crippen LogP) is 6.44. The van der Waals surface area contributed by atoms with E-state index in [1.165, 1.54) is 6.07 Å². The highest BCUT2D eigenvalue weighted by Crippen LogP contribution is 2.35. The van der Waals surface area contributed by atoms with Crippen LogP contribution in [0, 0.1) is 5.82 Å². The van der Waals surface area contributed by atoms with Crippen LogP contribution in [0.25, 0.3) is 20.8 Å². The lowest BCUT2D eigenvalue weighted by molar-refractivity contribution is 0.298. The second-order valence-corrected chi connectivity index (χ2v) is 7.40. The minimum absolute atomic E-state index is 0.186. The van der Waals surface area contributed by atoms with Gasteiger partial charge in [0, 0.05) is 11.1 Å². The number of rotatable bonds is 4. The van der Waals surface area contributed by atoms with Gasteiger partial charge in [0.1, 0.15) is 23.2 Å². The van der Waals surface area contributed by atoms with Crippen molar-refractivity contribution >= 4 is 37.5 Å². The van der Waals surface area contributed by atoms with Crippen molar-refractivity contribution in [1.82, 2.24) is 4.98 Å². The molecule has 0 aliphatic rings. The topological polar surface area (TPSA) is 22.1 Å². The van der Waals surface area contributed by atoms with E-state index in [0.717, 1.165) is 25.3 Å². The monoisotopic (exact) mass is 413 g/mol. The summed E-state index contributed by atoms with van der Waals surface area (Å²) in [5, 5.41) is 0.961. The zero-order valence-corrected chi connectivity index (χ0v) is 15.5. The van der Waals surface area contributed by atoms with E-state index in [9.17, 15) is 4.39 Å². The smallest absolute Gasteiger partial charge is 0.134 e. The molecule has 0 saturated heterocycles. The molecule has 3 aromatic carbocycles. The van der Waals surface area contributed by atoms with Crippen LogP contribution in [-0.2, 0) is 6.61 Å². The van der Waals surface area contributed by atoms with Gasteiger partial charge in [-0.3, -0.25) is 0 Å². The lowest BCUT2D eigenvalue weighted by Crippen LogP contribution is -1.98. The number of aromatic nitrogens is 1. The van der Waals surface area contributed by atoms with Gasteiger partial charge in [0.2, 0.25) is 0 Å². The van der Waals surface area contributed by atoms with E-state index >= 15 is 0 Å². The number of thiazole rings is 1. The van der Waals surface area contributed by atoms with E-state index in [0.29, 0.717) is 11.3 Å². The second kappa shape index (κ2) is 6.94. The molecule has 0 spiro atoms. The molecule has 0 unspecified atom stereocenters. The van der Waals surface area contributed by atoms with Crippen LogP contribution in [-0.4, -0.2) is 4.98 Å². The predicted molar refractivity (Wildman–Crippen MR) is 103 cm³/mol. The van der Waals surface area contributed by atoms with E-state index in [-0.39, 0.29) is 12.4 Å². The van der Waals surface area contributed by atoms with Crippen LogP contribution in [0.1, 0.15) is 5.56 Å². The summed E-state index contributed by atoms with van der Waals surface area (Å²) in [5.74, 6) is 0.415. The average Bonchev–Trinajstić information content (AvgIpc) is 3.06. The Labute approximate surface area is 157 Å². The molecule has 25 heavy (non-hydrogen) atoms. The Morgan fingerprint density at radius 1 is 1.00 bits per heavy atom. The molecule has 4 rings (SSSR count). The molecule has 124 valence electrons. The van der Waals surface area contributed by atoms with Gasteiger partial charge in [-0.1, -0.05) is 30.3 Å². The molecule has 0 fully saturated rings. The molecule has 5 heteroatoms. The Morgan fingerprint density at radius 2 is 1.80 bits per heavy atom. The summed E-state index contributed by atoms with van der Waals surface area (Å²) in [4.78, 5) is 4.67. The first-order chi connectivity index (χ1) is 12.2. The number of halogens is 2. The van der Waals surface area contributed by atoms with E-state index in [1.807, 2.05) is 36.4 Å². The van der Waals surface area contributed by atoms with Crippen molar-refractivity contribution in [2.24, 2.45) is 0 Å². The zero-order chi connectivity index (χ0) is 17.2. The molecule has 2 nitrogen and oxygen atoms in total. The fourth-order valence-electron chi connectivity index (χ4n) is 2.52. The van der Waals surface area contributed by atoms with Gasteiger partial charge in [-0.2, -0.15) is 0 Å². The molecule has 0 atom stereocenters. The zero-order valence-electron chi connectivity index (χ0n) is 13.1. The van der Waals surface area contributed by atoms with Crippen molar-refractivity contribution in [3.63, 3.8) is 0 Å². The first-order valence-electron chi connectivity index (χ1n) is 7.72. The molecule has 1 aromatic heterocycles. The molecule has 0 radical (unpaired) electrons. The maximum Gasteiger partial charge on any atom is 0.134 e. The fraction of sp³-hybridized carbons (Fsp3) is 0.0500. The lowest BCUT2D eigenvalue weighted by Gasteiger charge is -2.09. The largest absolute Gasteiger partial charge is 0.488 e. The minimum atomic E-state index is -0.260. The molecule has 4 aromatic rings. The normalized spacial score (nSPS) is 11.0. The molecule has 0 bridgehead atoms. The van der Waals surface area contributed by atoms with Crippen molar-refractivity contribution in [1.29, 1.82) is 0 Å². The summed E-state index contributed by atoms with van der Waals surface area (Å²) in [6.07, 6.45) is 0. The van der Waals surface area contributed by atoms with Gasteiger partial charge in [0.15, 0.2) is 0 Å². The first-order valence-corrected chi connectivity index (χ1v) is 9.33. The summed E-state index contributed by atoms with van der Waals surface area (Å²) >= 11 is 5.19. The van der Waals surface area contributed by atoms with Crippen molar-refractivity contribution in [3.8, 4) is 16.3 Å². The fourth-order valence-corrected chi connectivity index (χ4v) is 3.97. The van der Waals surface area contributed by atoms with Gasteiger partial charge in [0.25, 0.3) is 0 Å². The molecule has 0 aliphatic carbocycles.